The van der Waals surface area contributed by atoms with Crippen LogP contribution in [-0.2, 0) is 34.8 Å². The van der Waals surface area contributed by atoms with Gasteiger partial charge in [-0.1, -0.05) is 39.0 Å². The summed E-state index contributed by atoms with van der Waals surface area (Å²) >= 11 is 0. The first-order valence-corrected chi connectivity index (χ1v) is 15.0. The predicted octanol–water partition coefficient (Wildman–Crippen LogP) is 5.35. The van der Waals surface area contributed by atoms with Crippen molar-refractivity contribution in [3.8, 4) is 5.75 Å². The summed E-state index contributed by atoms with van der Waals surface area (Å²) in [6.07, 6.45) is 2.35. The maximum Gasteiger partial charge on any atom is 0.314 e. The smallest absolute Gasteiger partial charge is 0.314 e. The lowest BCUT2D eigenvalue weighted by molar-refractivity contribution is -0.174. The highest BCUT2D eigenvalue weighted by Gasteiger charge is 2.53. The minimum atomic E-state index is -1.99. The Bertz CT molecular complexity index is 844. The Kier molecular flexibility index (Phi) is 10.5. The molecule has 0 N–H and O–H groups in total. The number of carbonyl (C=O) groups excluding carboxylic acids is 1. The van der Waals surface area contributed by atoms with E-state index in [4.69, 9.17) is 28.1 Å². The van der Waals surface area contributed by atoms with Gasteiger partial charge in [0, 0.05) is 13.0 Å². The van der Waals surface area contributed by atoms with Crippen LogP contribution in [0.1, 0.15) is 39.7 Å². The first-order valence-electron chi connectivity index (χ1n) is 12.1. The van der Waals surface area contributed by atoms with Gasteiger partial charge < -0.3 is 28.1 Å². The van der Waals surface area contributed by atoms with Crippen LogP contribution in [0.3, 0.4) is 0 Å². The Hall–Kier alpha value is -1.71. The van der Waals surface area contributed by atoms with Gasteiger partial charge >= 0.3 is 5.97 Å². The summed E-state index contributed by atoms with van der Waals surface area (Å²) in [6, 6.07) is 7.72. The molecule has 0 amide bonds. The van der Waals surface area contributed by atoms with Crippen molar-refractivity contribution in [2.75, 3.05) is 41.3 Å². The molecule has 0 saturated carbocycles. The first kappa shape index (κ1) is 29.5. The third-order valence-corrected chi connectivity index (χ3v) is 12.0. The Morgan fingerprint density at radius 3 is 2.29 bits per heavy atom. The van der Waals surface area contributed by atoms with Crippen molar-refractivity contribution in [3.63, 3.8) is 0 Å². The summed E-state index contributed by atoms with van der Waals surface area (Å²) < 4.78 is 34.4. The summed E-state index contributed by atoms with van der Waals surface area (Å²) in [5.74, 6) is 0.195. The van der Waals surface area contributed by atoms with Crippen LogP contribution >= 0.6 is 0 Å². The second-order valence-electron chi connectivity index (χ2n) is 10.8. The summed E-state index contributed by atoms with van der Waals surface area (Å²) in [6.45, 7) is 14.3. The van der Waals surface area contributed by atoms with Gasteiger partial charge in [-0.05, 0) is 54.7 Å². The molecule has 0 unspecified atom stereocenters. The van der Waals surface area contributed by atoms with Crippen molar-refractivity contribution < 1.29 is 32.9 Å². The molecule has 0 bridgehead atoms. The predicted molar refractivity (Wildman–Crippen MR) is 139 cm³/mol. The second kappa shape index (κ2) is 12.5. The molecular weight excluding hydrogens is 464 g/mol. The van der Waals surface area contributed by atoms with Crippen LogP contribution < -0.4 is 4.74 Å². The van der Waals surface area contributed by atoms with Crippen LogP contribution in [0.25, 0.3) is 0 Å². The van der Waals surface area contributed by atoms with Crippen molar-refractivity contribution in [2.24, 2.45) is 11.3 Å². The molecule has 198 valence electrons. The highest BCUT2D eigenvalue weighted by atomic mass is 28.4. The molecule has 0 heterocycles. The molecule has 2 rings (SSSR count). The van der Waals surface area contributed by atoms with Gasteiger partial charge in [-0.15, -0.1) is 0 Å². The van der Waals surface area contributed by atoms with Crippen molar-refractivity contribution >= 4 is 14.3 Å². The van der Waals surface area contributed by atoms with E-state index in [1.807, 2.05) is 31.2 Å². The molecule has 1 aliphatic rings. The molecule has 0 aromatic heterocycles. The number of carbonyl (C=O) groups is 1. The molecule has 1 aromatic carbocycles. The molecule has 0 fully saturated rings. The summed E-state index contributed by atoms with van der Waals surface area (Å²) in [4.78, 5) is 13.3. The van der Waals surface area contributed by atoms with Crippen molar-refractivity contribution in [1.29, 1.82) is 0 Å². The largest absolute Gasteiger partial charge is 0.497 e. The normalized spacial score (nSPS) is 23.1. The van der Waals surface area contributed by atoms with Gasteiger partial charge in [0.2, 0.25) is 0 Å². The fourth-order valence-corrected chi connectivity index (χ4v) is 5.04. The number of benzene rings is 1. The van der Waals surface area contributed by atoms with Gasteiger partial charge in [0.25, 0.3) is 0 Å². The van der Waals surface area contributed by atoms with E-state index in [9.17, 15) is 4.79 Å². The van der Waals surface area contributed by atoms with Gasteiger partial charge in [-0.3, -0.25) is 4.79 Å². The molecule has 0 spiro atoms. The number of rotatable bonds is 12. The molecular formula is C27H44O7Si. The average Bonchev–Trinajstić information content (AvgIpc) is 2.82. The highest BCUT2D eigenvalue weighted by molar-refractivity contribution is 6.74. The standard InChI is InChI=1S/C27H44O7Si/c1-26(2,3)35(8,9)34-17-21-12-15-24(33-16-20-10-13-22(30-6)14-11-20)27(4,25(28)31-7)23(21)18-32-19-29-5/h10-14,23-24H,15-19H2,1-9H3/t23-,24+,27+/m1/s1. The Morgan fingerprint density at radius 2 is 1.74 bits per heavy atom. The molecule has 0 radical (unpaired) electrons. The van der Waals surface area contributed by atoms with E-state index < -0.39 is 13.7 Å². The number of hydrogen-bond acceptors (Lipinski definition) is 7. The number of hydrogen-bond donors (Lipinski definition) is 0. The Morgan fingerprint density at radius 1 is 1.09 bits per heavy atom. The number of ether oxygens (including phenoxy) is 5. The van der Waals surface area contributed by atoms with E-state index in [1.165, 1.54) is 7.11 Å². The minimum Gasteiger partial charge on any atom is -0.497 e. The van der Waals surface area contributed by atoms with E-state index in [-0.39, 0.29) is 29.8 Å². The second-order valence-corrected chi connectivity index (χ2v) is 15.6. The van der Waals surface area contributed by atoms with E-state index in [0.717, 1.165) is 16.9 Å². The average molecular weight is 509 g/mol. The highest BCUT2D eigenvalue weighted by Crippen LogP contribution is 2.46. The molecule has 0 saturated heterocycles. The Balaban J connectivity index is 2.32. The van der Waals surface area contributed by atoms with Crippen molar-refractivity contribution in [2.45, 2.75) is 65.0 Å². The molecule has 3 atom stereocenters. The lowest BCUT2D eigenvalue weighted by atomic mass is 9.65. The molecule has 7 nitrogen and oxygen atoms in total. The zero-order chi connectivity index (χ0) is 26.3. The van der Waals surface area contributed by atoms with Crippen molar-refractivity contribution in [3.05, 3.63) is 41.5 Å². The number of esters is 1. The lowest BCUT2D eigenvalue weighted by Crippen LogP contribution is -2.53. The van der Waals surface area contributed by atoms with Crippen LogP contribution in [0.2, 0.25) is 18.1 Å². The van der Waals surface area contributed by atoms with Crippen molar-refractivity contribution in [1.82, 2.24) is 0 Å². The van der Waals surface area contributed by atoms with Crippen LogP contribution in [0, 0.1) is 11.3 Å². The number of methoxy groups -OCH3 is 3. The van der Waals surface area contributed by atoms with Gasteiger partial charge in [-0.2, -0.15) is 0 Å². The maximum atomic E-state index is 13.3. The lowest BCUT2D eigenvalue weighted by Gasteiger charge is -2.45. The van der Waals surface area contributed by atoms with Gasteiger partial charge in [-0.25, -0.2) is 0 Å². The Labute approximate surface area is 212 Å². The van der Waals surface area contributed by atoms with E-state index in [0.29, 0.717) is 26.2 Å². The van der Waals surface area contributed by atoms with Gasteiger partial charge in [0.05, 0.1) is 40.1 Å². The fourth-order valence-electron chi connectivity index (χ4n) is 4.08. The zero-order valence-electron chi connectivity index (χ0n) is 22.9. The van der Waals surface area contributed by atoms with Gasteiger partial charge in [0.1, 0.15) is 18.0 Å². The van der Waals surface area contributed by atoms with Crippen LogP contribution in [0.15, 0.2) is 35.9 Å². The van der Waals surface area contributed by atoms with Crippen LogP contribution in [0.4, 0.5) is 0 Å². The zero-order valence-corrected chi connectivity index (χ0v) is 23.9. The molecule has 1 aromatic rings. The first-order chi connectivity index (χ1) is 16.4. The van der Waals surface area contributed by atoms with Crippen LogP contribution in [-0.4, -0.2) is 61.7 Å². The topological polar surface area (TPSA) is 72.5 Å². The monoisotopic (exact) mass is 508 g/mol. The van der Waals surface area contributed by atoms with Gasteiger partial charge in [0.15, 0.2) is 8.32 Å². The fraction of sp³-hybridized carbons (Fsp3) is 0.667. The minimum absolute atomic E-state index is 0.0833. The summed E-state index contributed by atoms with van der Waals surface area (Å²) in [5, 5.41) is 0.0833. The summed E-state index contributed by atoms with van der Waals surface area (Å²) in [5.41, 5.74) is 1.10. The van der Waals surface area contributed by atoms with E-state index in [2.05, 4.69) is 39.9 Å². The maximum absolute atomic E-state index is 13.3. The quantitative estimate of drug-likeness (QED) is 0.124. The van der Waals surface area contributed by atoms with E-state index >= 15 is 0 Å². The van der Waals surface area contributed by atoms with E-state index in [1.54, 1.807) is 14.2 Å². The third-order valence-electron chi connectivity index (χ3n) is 7.56. The van der Waals surface area contributed by atoms with Crippen LogP contribution in [0.5, 0.6) is 5.75 Å². The molecule has 0 aliphatic heterocycles. The SMILES string of the molecule is COCOC[C@@H]1C(CO[Si](C)(C)C(C)(C)C)=CC[C@H](OCc2ccc(OC)cc2)[C@@]1(C)C(=O)OC. The third kappa shape index (κ3) is 7.17. The molecule has 1 aliphatic carbocycles. The molecule has 8 heteroatoms. The molecule has 35 heavy (non-hydrogen) atoms. The summed E-state index contributed by atoms with van der Waals surface area (Å²) in [7, 11) is 2.66.